The lowest BCUT2D eigenvalue weighted by Crippen LogP contribution is -2.14. The molecule has 2 aromatic heterocycles. The number of alkyl halides is 3. The van der Waals surface area contributed by atoms with Gasteiger partial charge < -0.3 is 4.74 Å². The van der Waals surface area contributed by atoms with Crippen molar-refractivity contribution in [3.05, 3.63) is 48.3 Å². The van der Waals surface area contributed by atoms with Crippen LogP contribution >= 0.6 is 0 Å². The quantitative estimate of drug-likeness (QED) is 0.571. The Labute approximate surface area is 156 Å². The first-order chi connectivity index (χ1) is 12.8. The van der Waals surface area contributed by atoms with Gasteiger partial charge in [0.25, 0.3) is 0 Å². The smallest absolute Gasteiger partial charge is 0.419 e. The fourth-order valence-electron chi connectivity index (χ4n) is 3.19. The van der Waals surface area contributed by atoms with Crippen LogP contribution in [0.3, 0.4) is 0 Å². The lowest BCUT2D eigenvalue weighted by atomic mass is 10.00. The summed E-state index contributed by atoms with van der Waals surface area (Å²) in [5.41, 5.74) is 0.731. The Morgan fingerprint density at radius 3 is 2.56 bits per heavy atom. The molecule has 7 heteroatoms. The van der Waals surface area contributed by atoms with Crippen LogP contribution in [0.1, 0.15) is 32.8 Å². The van der Waals surface area contributed by atoms with E-state index in [9.17, 15) is 13.2 Å². The molecule has 0 saturated carbocycles. The minimum Gasteiger partial charge on any atom is -0.493 e. The molecule has 0 fully saturated rings. The van der Waals surface area contributed by atoms with Gasteiger partial charge in [-0.3, -0.25) is 0 Å². The Hall–Kier alpha value is -2.57. The molecule has 3 rings (SSSR count). The number of aromatic nitrogens is 3. The average molecular weight is 377 g/mol. The molecule has 144 valence electrons. The van der Waals surface area contributed by atoms with Gasteiger partial charge in [-0.2, -0.15) is 18.3 Å². The maximum Gasteiger partial charge on any atom is 0.419 e. The van der Waals surface area contributed by atoms with Gasteiger partial charge in [-0.15, -0.1) is 0 Å². The van der Waals surface area contributed by atoms with Crippen LogP contribution in [-0.2, 0) is 6.18 Å². The van der Waals surface area contributed by atoms with Gasteiger partial charge in [0.15, 0.2) is 5.65 Å². The van der Waals surface area contributed by atoms with E-state index < -0.39 is 11.7 Å². The van der Waals surface area contributed by atoms with E-state index in [1.807, 2.05) is 6.92 Å². The van der Waals surface area contributed by atoms with Crippen molar-refractivity contribution in [2.24, 2.45) is 11.8 Å². The molecular formula is C20H22F3N3O. The second-order valence-corrected chi connectivity index (χ2v) is 7.19. The van der Waals surface area contributed by atoms with Gasteiger partial charge in [0.05, 0.1) is 24.1 Å². The molecular weight excluding hydrogens is 355 g/mol. The predicted molar refractivity (Wildman–Crippen MR) is 97.5 cm³/mol. The molecule has 4 nitrogen and oxygen atoms in total. The van der Waals surface area contributed by atoms with Gasteiger partial charge in [-0.05, 0) is 42.5 Å². The maximum absolute atomic E-state index is 13.6. The summed E-state index contributed by atoms with van der Waals surface area (Å²) in [5, 5.41) is 4.14. The van der Waals surface area contributed by atoms with E-state index >= 15 is 0 Å². The highest BCUT2D eigenvalue weighted by atomic mass is 19.4. The van der Waals surface area contributed by atoms with Gasteiger partial charge in [0.1, 0.15) is 5.75 Å². The van der Waals surface area contributed by atoms with Gasteiger partial charge in [-0.25, -0.2) is 9.50 Å². The number of hydrogen-bond acceptors (Lipinski definition) is 3. The molecule has 0 aliphatic rings. The first-order valence-electron chi connectivity index (χ1n) is 8.89. The number of rotatable bonds is 6. The molecule has 27 heavy (non-hydrogen) atoms. The van der Waals surface area contributed by atoms with E-state index in [0.29, 0.717) is 22.8 Å². The van der Waals surface area contributed by atoms with E-state index in [4.69, 9.17) is 4.74 Å². The highest BCUT2D eigenvalue weighted by Crippen LogP contribution is 2.39. The van der Waals surface area contributed by atoms with Crippen molar-refractivity contribution in [3.8, 4) is 17.0 Å². The van der Waals surface area contributed by atoms with E-state index in [-0.39, 0.29) is 18.3 Å². The number of nitrogens with zero attached hydrogens (tertiary/aromatic N) is 3. The summed E-state index contributed by atoms with van der Waals surface area (Å²) in [7, 11) is 0. The van der Waals surface area contributed by atoms with Crippen molar-refractivity contribution >= 4 is 5.65 Å². The summed E-state index contributed by atoms with van der Waals surface area (Å²) < 4.78 is 47.9. The van der Waals surface area contributed by atoms with Crippen LogP contribution in [0.5, 0.6) is 5.75 Å². The summed E-state index contributed by atoms with van der Waals surface area (Å²) >= 11 is 0. The van der Waals surface area contributed by atoms with Crippen molar-refractivity contribution in [2.45, 2.75) is 33.4 Å². The summed E-state index contributed by atoms with van der Waals surface area (Å²) in [6, 6.07) is 7.45. The van der Waals surface area contributed by atoms with Gasteiger partial charge >= 0.3 is 6.18 Å². The van der Waals surface area contributed by atoms with Crippen LogP contribution in [0, 0.1) is 11.8 Å². The van der Waals surface area contributed by atoms with E-state index in [0.717, 1.165) is 12.5 Å². The fourth-order valence-corrected chi connectivity index (χ4v) is 3.19. The molecule has 0 aliphatic carbocycles. The second kappa shape index (κ2) is 7.58. The summed E-state index contributed by atoms with van der Waals surface area (Å²) in [6.45, 7) is 6.39. The third-order valence-corrected chi connectivity index (χ3v) is 4.27. The second-order valence-electron chi connectivity index (χ2n) is 7.19. The van der Waals surface area contributed by atoms with Gasteiger partial charge in [0, 0.05) is 17.8 Å². The van der Waals surface area contributed by atoms with Crippen molar-refractivity contribution < 1.29 is 17.9 Å². The molecule has 0 aliphatic heterocycles. The van der Waals surface area contributed by atoms with Crippen LogP contribution in [0.15, 0.2) is 42.7 Å². The SMILES string of the molecule is CC(C)C[C@@H](C)COc1ccc(-c2ccnc3ccnn23)cc1C(F)(F)F. The zero-order valence-corrected chi connectivity index (χ0v) is 15.5. The van der Waals surface area contributed by atoms with Crippen molar-refractivity contribution in [1.82, 2.24) is 14.6 Å². The number of halogens is 3. The molecule has 0 amide bonds. The molecule has 0 unspecified atom stereocenters. The van der Waals surface area contributed by atoms with Gasteiger partial charge in [-0.1, -0.05) is 20.8 Å². The van der Waals surface area contributed by atoms with E-state index in [1.54, 1.807) is 30.6 Å². The zero-order chi connectivity index (χ0) is 19.6. The lowest BCUT2D eigenvalue weighted by molar-refractivity contribution is -0.139. The van der Waals surface area contributed by atoms with Crippen molar-refractivity contribution in [1.29, 1.82) is 0 Å². The minimum absolute atomic E-state index is 0.146. The van der Waals surface area contributed by atoms with Crippen LogP contribution in [0.4, 0.5) is 13.2 Å². The monoisotopic (exact) mass is 377 g/mol. The highest BCUT2D eigenvalue weighted by Gasteiger charge is 2.35. The zero-order valence-electron chi connectivity index (χ0n) is 15.5. The number of hydrogen-bond donors (Lipinski definition) is 0. The molecule has 0 N–H and O–H groups in total. The first-order valence-corrected chi connectivity index (χ1v) is 8.89. The van der Waals surface area contributed by atoms with Gasteiger partial charge in [0.2, 0.25) is 0 Å². The van der Waals surface area contributed by atoms with Crippen LogP contribution in [0.2, 0.25) is 0 Å². The van der Waals surface area contributed by atoms with Crippen molar-refractivity contribution in [2.75, 3.05) is 6.61 Å². The summed E-state index contributed by atoms with van der Waals surface area (Å²) in [4.78, 5) is 4.14. The highest BCUT2D eigenvalue weighted by molar-refractivity contribution is 5.65. The molecule has 1 atom stereocenters. The number of fused-ring (bicyclic) bond motifs is 1. The predicted octanol–water partition coefficient (Wildman–Crippen LogP) is 5.48. The Kier molecular flexibility index (Phi) is 5.39. The topological polar surface area (TPSA) is 39.4 Å². The average Bonchev–Trinajstić information content (AvgIpc) is 3.07. The maximum atomic E-state index is 13.6. The molecule has 0 saturated heterocycles. The van der Waals surface area contributed by atoms with Crippen LogP contribution in [-0.4, -0.2) is 21.2 Å². The first kappa shape index (κ1) is 19.2. The molecule has 3 aromatic rings. The summed E-state index contributed by atoms with van der Waals surface area (Å²) in [6.07, 6.45) is -0.502. The van der Waals surface area contributed by atoms with E-state index in [1.165, 1.54) is 10.6 Å². The lowest BCUT2D eigenvalue weighted by Gasteiger charge is -2.19. The number of benzene rings is 1. The Morgan fingerprint density at radius 1 is 1.07 bits per heavy atom. The standard InChI is InChI=1S/C20H22F3N3O/c1-13(2)10-14(3)12-27-18-5-4-15(11-16(18)20(21,22)23)17-6-8-24-19-7-9-25-26(17)19/h4-9,11,13-14H,10,12H2,1-3H3/t14-/m1/s1. The van der Waals surface area contributed by atoms with E-state index in [2.05, 4.69) is 23.9 Å². The normalized spacial score (nSPS) is 13.3. The van der Waals surface area contributed by atoms with Crippen molar-refractivity contribution in [3.63, 3.8) is 0 Å². The molecule has 0 radical (unpaired) electrons. The number of ether oxygens (including phenoxy) is 1. The Balaban J connectivity index is 1.94. The van der Waals surface area contributed by atoms with Crippen LogP contribution < -0.4 is 4.74 Å². The minimum atomic E-state index is -4.51. The largest absolute Gasteiger partial charge is 0.493 e. The Bertz CT molecular complexity index is 918. The third kappa shape index (κ3) is 4.40. The summed E-state index contributed by atoms with van der Waals surface area (Å²) in [5.74, 6) is 0.499. The third-order valence-electron chi connectivity index (χ3n) is 4.27. The Morgan fingerprint density at radius 2 is 1.85 bits per heavy atom. The molecule has 2 heterocycles. The molecule has 0 spiro atoms. The fraction of sp³-hybridized carbons (Fsp3) is 0.400. The molecule has 1 aromatic carbocycles. The molecule has 0 bridgehead atoms. The van der Waals surface area contributed by atoms with Crippen LogP contribution in [0.25, 0.3) is 16.9 Å².